The Hall–Kier alpha value is -1.96. The van der Waals surface area contributed by atoms with Crippen LogP contribution >= 0.6 is 27.3 Å². The molecule has 3 aromatic rings. The van der Waals surface area contributed by atoms with Crippen molar-refractivity contribution in [1.82, 2.24) is 15.2 Å². The monoisotopic (exact) mass is 458 g/mol. The van der Waals surface area contributed by atoms with E-state index in [1.807, 2.05) is 24.3 Å². The number of nitrogens with one attached hydrogen (secondary N) is 1. The van der Waals surface area contributed by atoms with Gasteiger partial charge in [-0.3, -0.25) is 9.69 Å². The van der Waals surface area contributed by atoms with Gasteiger partial charge in [-0.05, 0) is 48.9 Å². The van der Waals surface area contributed by atoms with E-state index in [0.717, 1.165) is 47.8 Å². The van der Waals surface area contributed by atoms with Crippen molar-refractivity contribution in [2.45, 2.75) is 6.92 Å². The van der Waals surface area contributed by atoms with Crippen molar-refractivity contribution in [2.24, 2.45) is 0 Å². The van der Waals surface area contributed by atoms with Gasteiger partial charge in [0.15, 0.2) is 5.13 Å². The van der Waals surface area contributed by atoms with Gasteiger partial charge in [-0.2, -0.15) is 0 Å². The van der Waals surface area contributed by atoms with Gasteiger partial charge in [0, 0.05) is 49.3 Å². The van der Waals surface area contributed by atoms with Crippen LogP contribution in [0.4, 0.5) is 5.13 Å². The Kier molecular flexibility index (Phi) is 5.94. The van der Waals surface area contributed by atoms with Gasteiger partial charge in [0.1, 0.15) is 0 Å². The zero-order valence-corrected chi connectivity index (χ0v) is 18.2. The zero-order chi connectivity index (χ0) is 19.5. The van der Waals surface area contributed by atoms with E-state index in [2.05, 4.69) is 56.2 Å². The highest BCUT2D eigenvalue weighted by Gasteiger charge is 2.19. The molecule has 4 rings (SSSR count). The van der Waals surface area contributed by atoms with Gasteiger partial charge in [0.2, 0.25) is 0 Å². The summed E-state index contributed by atoms with van der Waals surface area (Å²) in [6.45, 7) is 7.57. The number of carbonyl (C=O) groups excluding carboxylic acids is 1. The zero-order valence-electron chi connectivity index (χ0n) is 15.8. The van der Waals surface area contributed by atoms with Crippen LogP contribution in [0.3, 0.4) is 0 Å². The van der Waals surface area contributed by atoms with E-state index in [-0.39, 0.29) is 5.91 Å². The van der Waals surface area contributed by atoms with Crippen LogP contribution in [0.2, 0.25) is 0 Å². The van der Waals surface area contributed by atoms with Crippen LogP contribution < -0.4 is 10.2 Å². The SMILES string of the molecule is Cc1ccc2nc(N3CCN(CCNC(=O)c4ccc(Br)cc4)CC3)sc2c1. The standard InChI is InChI=1S/C21H23BrN4OS/c1-15-2-7-18-19(14-15)28-21(24-18)26-12-10-25(11-13-26)9-8-23-20(27)16-3-5-17(22)6-4-16/h2-7,14H,8-13H2,1H3,(H,23,27). The van der Waals surface area contributed by atoms with E-state index in [9.17, 15) is 4.79 Å². The summed E-state index contributed by atoms with van der Waals surface area (Å²) in [6.07, 6.45) is 0. The first-order valence-electron chi connectivity index (χ1n) is 9.47. The molecule has 1 aromatic heterocycles. The molecule has 5 nitrogen and oxygen atoms in total. The second-order valence-electron chi connectivity index (χ2n) is 7.06. The van der Waals surface area contributed by atoms with Gasteiger partial charge in [0.25, 0.3) is 5.91 Å². The number of aromatic nitrogens is 1. The average molecular weight is 459 g/mol. The van der Waals surface area contributed by atoms with E-state index >= 15 is 0 Å². The Morgan fingerprint density at radius 2 is 1.89 bits per heavy atom. The molecule has 1 N–H and O–H groups in total. The average Bonchev–Trinajstić information content (AvgIpc) is 3.12. The fourth-order valence-electron chi connectivity index (χ4n) is 3.35. The van der Waals surface area contributed by atoms with Crippen LogP contribution in [0.25, 0.3) is 10.2 Å². The van der Waals surface area contributed by atoms with E-state index in [4.69, 9.17) is 4.98 Å². The summed E-state index contributed by atoms with van der Waals surface area (Å²) in [7, 11) is 0. The molecule has 0 radical (unpaired) electrons. The molecule has 1 aliphatic rings. The number of halogens is 1. The number of fused-ring (bicyclic) bond motifs is 1. The van der Waals surface area contributed by atoms with Gasteiger partial charge < -0.3 is 10.2 Å². The smallest absolute Gasteiger partial charge is 0.251 e. The lowest BCUT2D eigenvalue weighted by Gasteiger charge is -2.34. The summed E-state index contributed by atoms with van der Waals surface area (Å²) in [4.78, 5) is 21.7. The van der Waals surface area contributed by atoms with Crippen molar-refractivity contribution >= 4 is 48.5 Å². The lowest BCUT2D eigenvalue weighted by molar-refractivity contribution is 0.0948. The molecule has 28 heavy (non-hydrogen) atoms. The molecule has 1 saturated heterocycles. The van der Waals surface area contributed by atoms with Crippen molar-refractivity contribution in [3.8, 4) is 0 Å². The minimum atomic E-state index is -0.0177. The van der Waals surface area contributed by atoms with Crippen LogP contribution in [-0.2, 0) is 0 Å². The normalized spacial score (nSPS) is 15.1. The van der Waals surface area contributed by atoms with Gasteiger partial charge >= 0.3 is 0 Å². The van der Waals surface area contributed by atoms with Crippen molar-refractivity contribution in [2.75, 3.05) is 44.2 Å². The quantitative estimate of drug-likeness (QED) is 0.629. The Bertz CT molecular complexity index is 964. The number of thiazole rings is 1. The molecule has 0 saturated carbocycles. The number of aryl methyl sites for hydroxylation is 1. The summed E-state index contributed by atoms with van der Waals surface area (Å²) in [5.41, 5.74) is 3.06. The van der Waals surface area contributed by atoms with Crippen LogP contribution in [-0.4, -0.2) is 55.1 Å². The number of piperazine rings is 1. The second kappa shape index (κ2) is 8.59. The third kappa shape index (κ3) is 4.54. The maximum atomic E-state index is 12.2. The number of carbonyl (C=O) groups is 1. The summed E-state index contributed by atoms with van der Waals surface area (Å²) in [5, 5.41) is 4.13. The molecule has 2 heterocycles. The second-order valence-corrected chi connectivity index (χ2v) is 8.98. The van der Waals surface area contributed by atoms with Gasteiger partial charge in [-0.25, -0.2) is 4.98 Å². The van der Waals surface area contributed by atoms with Crippen LogP contribution in [0.15, 0.2) is 46.9 Å². The number of rotatable bonds is 5. The highest BCUT2D eigenvalue weighted by Crippen LogP contribution is 2.29. The molecule has 146 valence electrons. The van der Waals surface area contributed by atoms with Crippen LogP contribution in [0, 0.1) is 6.92 Å². The number of amides is 1. The summed E-state index contributed by atoms with van der Waals surface area (Å²) in [5.74, 6) is -0.0177. The molecule has 1 amide bonds. The highest BCUT2D eigenvalue weighted by molar-refractivity contribution is 9.10. The number of benzene rings is 2. The molecule has 1 aliphatic heterocycles. The number of anilines is 1. The first kappa shape index (κ1) is 19.4. The fourth-order valence-corrected chi connectivity index (χ4v) is 4.73. The molecule has 0 unspecified atom stereocenters. The molecule has 7 heteroatoms. The van der Waals surface area contributed by atoms with Crippen molar-refractivity contribution in [1.29, 1.82) is 0 Å². The Balaban J connectivity index is 1.24. The van der Waals surface area contributed by atoms with Crippen molar-refractivity contribution in [3.63, 3.8) is 0 Å². The molecule has 0 atom stereocenters. The van der Waals surface area contributed by atoms with E-state index < -0.39 is 0 Å². The topological polar surface area (TPSA) is 48.5 Å². The number of hydrogen-bond donors (Lipinski definition) is 1. The predicted octanol–water partition coefficient (Wildman–Crippen LogP) is 3.92. The number of hydrogen-bond acceptors (Lipinski definition) is 5. The third-order valence-electron chi connectivity index (χ3n) is 5.00. The molecular weight excluding hydrogens is 436 g/mol. The maximum absolute atomic E-state index is 12.2. The molecule has 0 spiro atoms. The van der Waals surface area contributed by atoms with Gasteiger partial charge in [-0.1, -0.05) is 33.3 Å². The third-order valence-corrected chi connectivity index (χ3v) is 6.60. The Morgan fingerprint density at radius 1 is 1.14 bits per heavy atom. The van der Waals surface area contributed by atoms with Crippen LogP contribution in [0.1, 0.15) is 15.9 Å². The van der Waals surface area contributed by atoms with E-state index in [1.54, 1.807) is 11.3 Å². The predicted molar refractivity (Wildman–Crippen MR) is 119 cm³/mol. The van der Waals surface area contributed by atoms with E-state index in [0.29, 0.717) is 12.1 Å². The maximum Gasteiger partial charge on any atom is 0.251 e. The summed E-state index contributed by atoms with van der Waals surface area (Å²) in [6, 6.07) is 13.9. The molecule has 2 aromatic carbocycles. The molecule has 0 aliphatic carbocycles. The first-order chi connectivity index (χ1) is 13.6. The van der Waals surface area contributed by atoms with Gasteiger partial charge in [-0.15, -0.1) is 0 Å². The van der Waals surface area contributed by atoms with Crippen molar-refractivity contribution < 1.29 is 4.79 Å². The lowest BCUT2D eigenvalue weighted by atomic mass is 10.2. The highest BCUT2D eigenvalue weighted by atomic mass is 79.9. The molecule has 0 bridgehead atoms. The summed E-state index contributed by atoms with van der Waals surface area (Å²) >= 11 is 5.16. The Morgan fingerprint density at radius 3 is 2.64 bits per heavy atom. The van der Waals surface area contributed by atoms with Crippen LogP contribution in [0.5, 0.6) is 0 Å². The van der Waals surface area contributed by atoms with E-state index in [1.165, 1.54) is 10.3 Å². The lowest BCUT2D eigenvalue weighted by Crippen LogP contribution is -2.48. The molecular formula is C21H23BrN4OS. The molecule has 1 fully saturated rings. The number of nitrogens with zero attached hydrogens (tertiary/aromatic N) is 3. The first-order valence-corrected chi connectivity index (χ1v) is 11.1. The fraction of sp³-hybridized carbons (Fsp3) is 0.333. The summed E-state index contributed by atoms with van der Waals surface area (Å²) < 4.78 is 2.23. The Labute approximate surface area is 177 Å². The minimum absolute atomic E-state index is 0.0177. The minimum Gasteiger partial charge on any atom is -0.351 e. The van der Waals surface area contributed by atoms with Crippen molar-refractivity contribution in [3.05, 3.63) is 58.1 Å². The largest absolute Gasteiger partial charge is 0.351 e. The van der Waals surface area contributed by atoms with Gasteiger partial charge in [0.05, 0.1) is 10.2 Å².